The summed E-state index contributed by atoms with van der Waals surface area (Å²) in [6.07, 6.45) is 2.11. The minimum absolute atomic E-state index is 0. The van der Waals surface area contributed by atoms with Crippen molar-refractivity contribution >= 4 is 67.4 Å². The Labute approximate surface area is 174 Å². The number of benzene rings is 1. The molecule has 25 heavy (non-hydrogen) atoms. The fourth-order valence-electron chi connectivity index (χ4n) is 2.67. The first-order chi connectivity index (χ1) is 11.6. The zero-order valence-corrected chi connectivity index (χ0v) is 18.3. The van der Waals surface area contributed by atoms with E-state index < -0.39 is 0 Å². The van der Waals surface area contributed by atoms with Crippen LogP contribution in [0, 0.1) is 17.4 Å². The zero-order chi connectivity index (χ0) is 16.7. The molecule has 0 atom stereocenters. The Balaban J connectivity index is 0.00000182. The number of hydrogen-bond acceptors (Lipinski definition) is 4. The van der Waals surface area contributed by atoms with Crippen molar-refractivity contribution in [3.05, 3.63) is 62.8 Å². The van der Waals surface area contributed by atoms with E-state index in [1.165, 1.54) is 9.13 Å². The molecule has 0 unspecified atom stereocenters. The van der Waals surface area contributed by atoms with Gasteiger partial charge in [-0.25, -0.2) is 9.97 Å². The van der Waals surface area contributed by atoms with E-state index >= 15 is 0 Å². The molecule has 0 aliphatic rings. The van der Waals surface area contributed by atoms with Gasteiger partial charge in [0, 0.05) is 20.8 Å². The molecule has 0 saturated heterocycles. The first kappa shape index (κ1) is 18.3. The minimum atomic E-state index is 0. The van der Waals surface area contributed by atoms with E-state index in [4.69, 9.17) is 4.98 Å². The maximum absolute atomic E-state index is 4.76. The number of nitrogens with zero attached hydrogens (tertiary/aromatic N) is 3. The minimum Gasteiger partial charge on any atom is -0.332 e. The number of aryl methyl sites for hydroxylation is 2. The SMILES string of the molecule is Br.Cc1ccc2nc(C)c(-c3csc(Nc4ccc(I)cc4)n3)n2c1. The van der Waals surface area contributed by atoms with E-state index in [9.17, 15) is 0 Å². The van der Waals surface area contributed by atoms with Gasteiger partial charge in [-0.2, -0.15) is 0 Å². The van der Waals surface area contributed by atoms with E-state index in [1.54, 1.807) is 11.3 Å². The summed E-state index contributed by atoms with van der Waals surface area (Å²) in [5.41, 5.74) is 6.19. The lowest BCUT2D eigenvalue weighted by molar-refractivity contribution is 1.15. The van der Waals surface area contributed by atoms with Gasteiger partial charge in [-0.05, 0) is 72.3 Å². The average molecular weight is 527 g/mol. The van der Waals surface area contributed by atoms with E-state index in [1.807, 2.05) is 13.0 Å². The number of imidazole rings is 1. The Morgan fingerprint density at radius 1 is 1.04 bits per heavy atom. The summed E-state index contributed by atoms with van der Waals surface area (Å²) in [6, 6.07) is 12.4. The Morgan fingerprint density at radius 2 is 1.80 bits per heavy atom. The Bertz CT molecular complexity index is 1020. The van der Waals surface area contributed by atoms with Crippen LogP contribution in [0.4, 0.5) is 10.8 Å². The van der Waals surface area contributed by atoms with Crippen molar-refractivity contribution in [1.29, 1.82) is 0 Å². The monoisotopic (exact) mass is 526 g/mol. The summed E-state index contributed by atoms with van der Waals surface area (Å²) in [6.45, 7) is 4.12. The summed E-state index contributed by atoms with van der Waals surface area (Å²) in [5.74, 6) is 0. The van der Waals surface area contributed by atoms with Gasteiger partial charge in [-0.15, -0.1) is 28.3 Å². The Morgan fingerprint density at radius 3 is 2.56 bits per heavy atom. The second kappa shape index (κ2) is 7.43. The second-order valence-corrected chi connectivity index (χ2v) is 7.75. The van der Waals surface area contributed by atoms with E-state index in [2.05, 4.69) is 86.1 Å². The molecular formula is C18H16BrIN4S. The molecule has 0 bridgehead atoms. The van der Waals surface area contributed by atoms with Crippen LogP contribution in [-0.4, -0.2) is 14.4 Å². The van der Waals surface area contributed by atoms with Gasteiger partial charge in [-0.3, -0.25) is 4.40 Å². The molecule has 3 aromatic heterocycles. The molecule has 3 heterocycles. The molecule has 0 spiro atoms. The Kier molecular flexibility index (Phi) is 5.45. The third-order valence-electron chi connectivity index (χ3n) is 3.78. The van der Waals surface area contributed by atoms with Crippen molar-refractivity contribution in [1.82, 2.24) is 14.4 Å². The molecule has 4 aromatic rings. The van der Waals surface area contributed by atoms with Crippen LogP contribution in [0.15, 0.2) is 48.0 Å². The van der Waals surface area contributed by atoms with Crippen molar-refractivity contribution in [3.8, 4) is 11.4 Å². The van der Waals surface area contributed by atoms with Crippen molar-refractivity contribution in [3.63, 3.8) is 0 Å². The van der Waals surface area contributed by atoms with Gasteiger partial charge in [0.15, 0.2) is 5.13 Å². The predicted octanol–water partition coefficient (Wildman–Crippen LogP) is 6.00. The molecule has 0 aliphatic heterocycles. The first-order valence-corrected chi connectivity index (χ1v) is 9.50. The molecule has 7 heteroatoms. The topological polar surface area (TPSA) is 42.2 Å². The molecule has 128 valence electrons. The lowest BCUT2D eigenvalue weighted by Gasteiger charge is -2.03. The van der Waals surface area contributed by atoms with Crippen molar-refractivity contribution in [2.75, 3.05) is 5.32 Å². The maximum atomic E-state index is 4.76. The smallest absolute Gasteiger partial charge is 0.187 e. The van der Waals surface area contributed by atoms with Crippen LogP contribution in [0.5, 0.6) is 0 Å². The predicted molar refractivity (Wildman–Crippen MR) is 119 cm³/mol. The highest BCUT2D eigenvalue weighted by Crippen LogP contribution is 2.30. The van der Waals surface area contributed by atoms with E-state index in [0.717, 1.165) is 33.5 Å². The fraction of sp³-hybridized carbons (Fsp3) is 0.111. The number of hydrogen-bond donors (Lipinski definition) is 1. The highest BCUT2D eigenvalue weighted by atomic mass is 127. The first-order valence-electron chi connectivity index (χ1n) is 7.54. The third-order valence-corrected chi connectivity index (χ3v) is 5.26. The molecule has 1 N–H and O–H groups in total. The summed E-state index contributed by atoms with van der Waals surface area (Å²) in [7, 11) is 0. The summed E-state index contributed by atoms with van der Waals surface area (Å²) >= 11 is 3.91. The number of nitrogens with one attached hydrogen (secondary N) is 1. The third kappa shape index (κ3) is 3.73. The number of halogens is 2. The van der Waals surface area contributed by atoms with Gasteiger partial charge in [0.25, 0.3) is 0 Å². The van der Waals surface area contributed by atoms with Crippen LogP contribution in [0.25, 0.3) is 17.0 Å². The van der Waals surface area contributed by atoms with Gasteiger partial charge >= 0.3 is 0 Å². The van der Waals surface area contributed by atoms with Crippen LogP contribution >= 0.6 is 50.9 Å². The average Bonchev–Trinajstić information content (AvgIpc) is 3.12. The molecule has 0 fully saturated rings. The normalized spacial score (nSPS) is 10.7. The lowest BCUT2D eigenvalue weighted by Crippen LogP contribution is -1.92. The fourth-order valence-corrected chi connectivity index (χ4v) is 3.75. The molecule has 0 radical (unpaired) electrons. The van der Waals surface area contributed by atoms with Gasteiger partial charge < -0.3 is 5.32 Å². The highest BCUT2D eigenvalue weighted by molar-refractivity contribution is 14.1. The van der Waals surface area contributed by atoms with Gasteiger partial charge in [0.1, 0.15) is 11.3 Å². The standard InChI is InChI=1S/C18H15IN4S.BrH/c1-11-3-8-16-20-12(2)17(23(16)9-11)15-10-24-18(22-15)21-14-6-4-13(19)5-7-14;/h3-10H,1-2H3,(H,21,22);1H. The number of aromatic nitrogens is 3. The lowest BCUT2D eigenvalue weighted by atomic mass is 10.2. The molecule has 0 saturated carbocycles. The second-order valence-electron chi connectivity index (χ2n) is 5.65. The zero-order valence-electron chi connectivity index (χ0n) is 13.7. The van der Waals surface area contributed by atoms with Gasteiger partial charge in [-0.1, -0.05) is 6.07 Å². The Hall–Kier alpha value is -1.45. The highest BCUT2D eigenvalue weighted by Gasteiger charge is 2.14. The molecule has 0 amide bonds. The van der Waals surface area contributed by atoms with Gasteiger partial charge in [0.05, 0.1) is 11.4 Å². The van der Waals surface area contributed by atoms with Crippen LogP contribution in [0.3, 0.4) is 0 Å². The van der Waals surface area contributed by atoms with Crippen molar-refractivity contribution in [2.45, 2.75) is 13.8 Å². The van der Waals surface area contributed by atoms with E-state index in [-0.39, 0.29) is 17.0 Å². The maximum Gasteiger partial charge on any atom is 0.187 e. The van der Waals surface area contributed by atoms with E-state index in [0.29, 0.717) is 0 Å². The summed E-state index contributed by atoms with van der Waals surface area (Å²) in [4.78, 5) is 9.40. The van der Waals surface area contributed by atoms with Crippen molar-refractivity contribution < 1.29 is 0 Å². The number of thiazole rings is 1. The van der Waals surface area contributed by atoms with Crippen LogP contribution < -0.4 is 5.32 Å². The molecule has 4 rings (SSSR count). The van der Waals surface area contributed by atoms with Crippen LogP contribution in [0.2, 0.25) is 0 Å². The number of pyridine rings is 1. The number of anilines is 2. The molecule has 0 aliphatic carbocycles. The number of fused-ring (bicyclic) bond motifs is 1. The van der Waals surface area contributed by atoms with Crippen molar-refractivity contribution in [2.24, 2.45) is 0 Å². The summed E-state index contributed by atoms with van der Waals surface area (Å²) in [5, 5.41) is 6.33. The number of rotatable bonds is 3. The van der Waals surface area contributed by atoms with Gasteiger partial charge in [0.2, 0.25) is 0 Å². The molecule has 1 aromatic carbocycles. The molecule has 4 nitrogen and oxygen atoms in total. The van der Waals surface area contributed by atoms with Crippen LogP contribution in [0.1, 0.15) is 11.3 Å². The van der Waals surface area contributed by atoms with Crippen LogP contribution in [-0.2, 0) is 0 Å². The largest absolute Gasteiger partial charge is 0.332 e. The summed E-state index contributed by atoms with van der Waals surface area (Å²) < 4.78 is 3.34. The quantitative estimate of drug-likeness (QED) is 0.333. The molecular weight excluding hydrogens is 511 g/mol.